The van der Waals surface area contributed by atoms with Gasteiger partial charge in [-0.3, -0.25) is 9.89 Å². The third kappa shape index (κ3) is 3.64. The van der Waals surface area contributed by atoms with E-state index in [2.05, 4.69) is 29.1 Å². The number of nitrogens with zero attached hydrogens (tertiary/aromatic N) is 2. The average Bonchev–Trinajstić information content (AvgIpc) is 2.60. The lowest BCUT2D eigenvalue weighted by molar-refractivity contribution is 0.0394. The molecular formula is C11H21N3OS. The van der Waals surface area contributed by atoms with Crippen molar-refractivity contribution in [1.82, 2.24) is 10.2 Å². The number of thioether (sulfide) groups is 1. The summed E-state index contributed by atoms with van der Waals surface area (Å²) in [4.78, 5) is 7.01. The van der Waals surface area contributed by atoms with E-state index in [0.29, 0.717) is 0 Å². The van der Waals surface area contributed by atoms with Crippen molar-refractivity contribution in [3.8, 4) is 0 Å². The maximum absolute atomic E-state index is 5.31. The van der Waals surface area contributed by atoms with Gasteiger partial charge in [-0.05, 0) is 13.8 Å². The van der Waals surface area contributed by atoms with Crippen LogP contribution in [0.25, 0.3) is 0 Å². The Balaban J connectivity index is 1.69. The van der Waals surface area contributed by atoms with E-state index < -0.39 is 0 Å². The number of rotatable bonds is 3. The molecule has 2 saturated heterocycles. The van der Waals surface area contributed by atoms with Crippen LogP contribution in [0.3, 0.4) is 0 Å². The van der Waals surface area contributed by atoms with Crippen LogP contribution in [0.1, 0.15) is 13.8 Å². The van der Waals surface area contributed by atoms with Crippen molar-refractivity contribution in [3.05, 3.63) is 0 Å². The van der Waals surface area contributed by atoms with Gasteiger partial charge in [0.1, 0.15) is 0 Å². The van der Waals surface area contributed by atoms with E-state index >= 15 is 0 Å². The smallest absolute Gasteiger partial charge is 0.157 e. The summed E-state index contributed by atoms with van der Waals surface area (Å²) < 4.78 is 5.31. The summed E-state index contributed by atoms with van der Waals surface area (Å²) in [5, 5.41) is 4.55. The molecule has 0 aromatic carbocycles. The molecule has 2 aliphatic heterocycles. The Morgan fingerprint density at radius 3 is 2.81 bits per heavy atom. The zero-order valence-electron chi connectivity index (χ0n) is 10.2. The van der Waals surface area contributed by atoms with Gasteiger partial charge in [0.15, 0.2) is 5.17 Å². The zero-order valence-corrected chi connectivity index (χ0v) is 11.0. The Labute approximate surface area is 102 Å². The van der Waals surface area contributed by atoms with Crippen molar-refractivity contribution >= 4 is 16.9 Å². The molecule has 0 atom stereocenters. The number of morpholine rings is 1. The molecule has 0 bridgehead atoms. The Morgan fingerprint density at radius 1 is 1.44 bits per heavy atom. The van der Waals surface area contributed by atoms with Gasteiger partial charge in [0, 0.05) is 30.9 Å². The fourth-order valence-corrected chi connectivity index (χ4v) is 2.91. The lowest BCUT2D eigenvalue weighted by atomic mass is 10.1. The van der Waals surface area contributed by atoms with Crippen LogP contribution in [-0.4, -0.2) is 60.8 Å². The fraction of sp³-hybridized carbons (Fsp3) is 0.909. The van der Waals surface area contributed by atoms with Crippen LogP contribution in [0.5, 0.6) is 0 Å². The van der Waals surface area contributed by atoms with E-state index in [4.69, 9.17) is 4.74 Å². The summed E-state index contributed by atoms with van der Waals surface area (Å²) in [6.07, 6.45) is 0. The summed E-state index contributed by atoms with van der Waals surface area (Å²) in [5.74, 6) is 1.11. The molecule has 0 saturated carbocycles. The summed E-state index contributed by atoms with van der Waals surface area (Å²) in [7, 11) is 0. The van der Waals surface area contributed by atoms with Gasteiger partial charge in [-0.15, -0.1) is 0 Å². The van der Waals surface area contributed by atoms with Crippen molar-refractivity contribution in [1.29, 1.82) is 0 Å². The first kappa shape index (κ1) is 12.2. The number of hydrogen-bond donors (Lipinski definition) is 1. The molecule has 0 unspecified atom stereocenters. The summed E-state index contributed by atoms with van der Waals surface area (Å²) >= 11 is 1.83. The highest BCUT2D eigenvalue weighted by molar-refractivity contribution is 8.14. The summed E-state index contributed by atoms with van der Waals surface area (Å²) in [5.41, 5.74) is 0.211. The van der Waals surface area contributed by atoms with Gasteiger partial charge < -0.3 is 10.1 Å². The fourth-order valence-electron chi connectivity index (χ4n) is 1.81. The monoisotopic (exact) mass is 243 g/mol. The van der Waals surface area contributed by atoms with E-state index in [-0.39, 0.29) is 5.54 Å². The molecule has 2 aliphatic rings. The second-order valence-electron chi connectivity index (χ2n) is 4.94. The third-order valence-corrected chi connectivity index (χ3v) is 4.16. The Morgan fingerprint density at radius 2 is 2.19 bits per heavy atom. The largest absolute Gasteiger partial charge is 0.379 e. The minimum absolute atomic E-state index is 0.211. The molecule has 1 N–H and O–H groups in total. The molecule has 0 aromatic heterocycles. The molecule has 2 heterocycles. The molecular weight excluding hydrogens is 222 g/mol. The van der Waals surface area contributed by atoms with E-state index in [0.717, 1.165) is 50.3 Å². The lowest BCUT2D eigenvalue weighted by Gasteiger charge is -2.25. The van der Waals surface area contributed by atoms with Crippen LogP contribution < -0.4 is 5.32 Å². The molecule has 2 rings (SSSR count). The van der Waals surface area contributed by atoms with Crippen LogP contribution >= 0.6 is 11.8 Å². The van der Waals surface area contributed by atoms with E-state index in [1.165, 1.54) is 0 Å². The minimum atomic E-state index is 0.211. The van der Waals surface area contributed by atoms with Gasteiger partial charge in [-0.1, -0.05) is 11.8 Å². The summed E-state index contributed by atoms with van der Waals surface area (Å²) in [6.45, 7) is 10.2. The topological polar surface area (TPSA) is 36.9 Å². The first-order valence-electron chi connectivity index (χ1n) is 5.91. The van der Waals surface area contributed by atoms with Gasteiger partial charge in [0.2, 0.25) is 0 Å². The average molecular weight is 243 g/mol. The molecule has 16 heavy (non-hydrogen) atoms. The highest BCUT2D eigenvalue weighted by Gasteiger charge is 2.27. The normalized spacial score (nSPS) is 28.2. The molecule has 5 heteroatoms. The molecule has 0 aliphatic carbocycles. The highest BCUT2D eigenvalue weighted by Crippen LogP contribution is 2.21. The van der Waals surface area contributed by atoms with E-state index in [1.807, 2.05) is 11.8 Å². The van der Waals surface area contributed by atoms with Crippen LogP contribution in [-0.2, 0) is 4.74 Å². The number of nitrogens with one attached hydrogen (secondary N) is 1. The Kier molecular flexibility index (Phi) is 4.10. The molecule has 0 radical (unpaired) electrons. The van der Waals surface area contributed by atoms with Crippen molar-refractivity contribution in [2.75, 3.05) is 45.1 Å². The second-order valence-corrected chi connectivity index (χ2v) is 5.90. The van der Waals surface area contributed by atoms with Crippen molar-refractivity contribution in [2.45, 2.75) is 19.4 Å². The van der Waals surface area contributed by atoms with Gasteiger partial charge in [-0.2, -0.15) is 0 Å². The maximum Gasteiger partial charge on any atom is 0.157 e. The van der Waals surface area contributed by atoms with Crippen molar-refractivity contribution in [3.63, 3.8) is 0 Å². The highest BCUT2D eigenvalue weighted by atomic mass is 32.2. The Hall–Kier alpha value is -0.260. The van der Waals surface area contributed by atoms with E-state index in [9.17, 15) is 0 Å². The van der Waals surface area contributed by atoms with Crippen LogP contribution in [0.2, 0.25) is 0 Å². The van der Waals surface area contributed by atoms with Crippen LogP contribution in [0.15, 0.2) is 4.99 Å². The molecule has 0 amide bonds. The first-order chi connectivity index (χ1) is 7.66. The van der Waals surface area contributed by atoms with Gasteiger partial charge in [-0.25, -0.2) is 0 Å². The predicted octanol–water partition coefficient (Wildman–Crippen LogP) is 0.790. The third-order valence-electron chi connectivity index (χ3n) is 2.79. The quantitative estimate of drug-likeness (QED) is 0.795. The number of ether oxygens (including phenoxy) is 1. The first-order valence-corrected chi connectivity index (χ1v) is 6.90. The molecule has 0 aromatic rings. The van der Waals surface area contributed by atoms with Gasteiger partial charge in [0.05, 0.1) is 19.8 Å². The molecule has 2 fully saturated rings. The van der Waals surface area contributed by atoms with E-state index in [1.54, 1.807) is 0 Å². The minimum Gasteiger partial charge on any atom is -0.379 e. The molecule has 4 nitrogen and oxygen atoms in total. The SMILES string of the molecule is CC1(C)CSC(=NCCN2CCOCC2)N1. The number of hydrogen-bond acceptors (Lipinski definition) is 4. The van der Waals surface area contributed by atoms with Crippen LogP contribution in [0, 0.1) is 0 Å². The van der Waals surface area contributed by atoms with Gasteiger partial charge >= 0.3 is 0 Å². The summed E-state index contributed by atoms with van der Waals surface area (Å²) in [6, 6.07) is 0. The Bertz CT molecular complexity index is 262. The number of aliphatic imine (C=N–C) groups is 1. The standard InChI is InChI=1S/C11H21N3OS/c1-11(2)9-16-10(13-11)12-3-4-14-5-7-15-8-6-14/h3-9H2,1-2H3,(H,12,13). The zero-order chi connectivity index (χ0) is 11.4. The van der Waals surface area contributed by atoms with Crippen molar-refractivity contribution < 1.29 is 4.74 Å². The second kappa shape index (κ2) is 5.38. The molecule has 92 valence electrons. The van der Waals surface area contributed by atoms with Gasteiger partial charge in [0.25, 0.3) is 0 Å². The maximum atomic E-state index is 5.31. The lowest BCUT2D eigenvalue weighted by Crippen LogP contribution is -2.38. The van der Waals surface area contributed by atoms with Crippen LogP contribution in [0.4, 0.5) is 0 Å². The number of amidine groups is 1. The molecule has 0 spiro atoms. The predicted molar refractivity (Wildman–Crippen MR) is 69.2 cm³/mol. The van der Waals surface area contributed by atoms with Crippen molar-refractivity contribution in [2.24, 2.45) is 4.99 Å².